The third kappa shape index (κ3) is 5.67. The predicted molar refractivity (Wildman–Crippen MR) is 124 cm³/mol. The van der Waals surface area contributed by atoms with E-state index >= 15 is 0 Å². The van der Waals surface area contributed by atoms with Gasteiger partial charge in [-0.1, -0.05) is 23.7 Å². The van der Waals surface area contributed by atoms with Crippen molar-refractivity contribution in [2.75, 3.05) is 25.1 Å². The van der Waals surface area contributed by atoms with Crippen LogP contribution in [0.25, 0.3) is 0 Å². The highest BCUT2D eigenvalue weighted by Gasteiger charge is 2.22. The van der Waals surface area contributed by atoms with E-state index in [1.54, 1.807) is 24.3 Å². The van der Waals surface area contributed by atoms with E-state index in [0.29, 0.717) is 31.0 Å². The van der Waals surface area contributed by atoms with Gasteiger partial charge in [0.25, 0.3) is 11.8 Å². The number of ketones is 1. The Hall–Kier alpha value is -3.56. The second-order valence-electron chi connectivity index (χ2n) is 7.94. The van der Waals surface area contributed by atoms with Crippen LogP contribution in [0.15, 0.2) is 48.8 Å². The van der Waals surface area contributed by atoms with Crippen LogP contribution in [-0.4, -0.2) is 47.3 Å². The molecule has 3 N–H and O–H groups in total. The monoisotopic (exact) mass is 484 g/mol. The van der Waals surface area contributed by atoms with Gasteiger partial charge in [0.2, 0.25) is 0 Å². The highest BCUT2D eigenvalue weighted by atomic mass is 35.5. The molecule has 34 heavy (non-hydrogen) atoms. The molecule has 0 saturated carbocycles. The molecule has 2 amide bonds. The summed E-state index contributed by atoms with van der Waals surface area (Å²) in [6.45, 7) is 1.75. The molecule has 1 atom stereocenters. The number of imidazole rings is 1. The van der Waals surface area contributed by atoms with E-state index in [-0.39, 0.29) is 40.1 Å². The standard InChI is InChI=1S/C24H22ClFN4O4/c25-19-10-16(26)3-6-18(19)20(31)9-14-1-4-17(5-2-14)30-24(33)22-21(28-13-29-22)23(32)27-11-15-7-8-34-12-15/h1-6,10,13,15H,7-9,11-12H2,(H,27,32)(H,28,29)(H,30,33). The third-order valence-corrected chi connectivity index (χ3v) is 5.78. The number of anilines is 1. The minimum atomic E-state index is -0.544. The van der Waals surface area contributed by atoms with Crippen LogP contribution in [0.5, 0.6) is 0 Å². The fraction of sp³-hybridized carbons (Fsp3) is 0.250. The lowest BCUT2D eigenvalue weighted by Gasteiger charge is -2.10. The zero-order chi connectivity index (χ0) is 24.1. The van der Waals surface area contributed by atoms with Gasteiger partial charge in [-0.2, -0.15) is 0 Å². The molecule has 0 spiro atoms. The summed E-state index contributed by atoms with van der Waals surface area (Å²) in [6.07, 6.45) is 2.24. The van der Waals surface area contributed by atoms with Crippen molar-refractivity contribution in [2.24, 2.45) is 5.92 Å². The fourth-order valence-electron chi connectivity index (χ4n) is 3.60. The molecule has 2 heterocycles. The molecule has 1 unspecified atom stereocenters. The van der Waals surface area contributed by atoms with Crippen LogP contribution in [0.3, 0.4) is 0 Å². The minimum Gasteiger partial charge on any atom is -0.381 e. The SMILES string of the molecule is O=C(Cc1ccc(NC(=O)c2nc[nH]c2C(=O)NCC2CCOC2)cc1)c1ccc(F)cc1Cl. The zero-order valence-electron chi connectivity index (χ0n) is 18.1. The summed E-state index contributed by atoms with van der Waals surface area (Å²) in [6, 6.07) is 10.3. The average molecular weight is 485 g/mol. The van der Waals surface area contributed by atoms with Crippen molar-refractivity contribution in [2.45, 2.75) is 12.8 Å². The molecule has 0 bridgehead atoms. The second kappa shape index (κ2) is 10.6. The third-order valence-electron chi connectivity index (χ3n) is 5.46. The molecule has 8 nitrogen and oxygen atoms in total. The summed E-state index contributed by atoms with van der Waals surface area (Å²) in [5.74, 6) is -1.46. The predicted octanol–water partition coefficient (Wildman–Crippen LogP) is 3.65. The number of amides is 2. The lowest BCUT2D eigenvalue weighted by Crippen LogP contribution is -2.31. The van der Waals surface area contributed by atoms with Crippen molar-refractivity contribution >= 4 is 34.9 Å². The van der Waals surface area contributed by atoms with Crippen molar-refractivity contribution in [3.8, 4) is 0 Å². The van der Waals surface area contributed by atoms with E-state index in [4.69, 9.17) is 16.3 Å². The van der Waals surface area contributed by atoms with Crippen LogP contribution < -0.4 is 10.6 Å². The summed E-state index contributed by atoms with van der Waals surface area (Å²) in [5.41, 5.74) is 1.46. The first-order valence-electron chi connectivity index (χ1n) is 10.7. The van der Waals surface area contributed by atoms with Gasteiger partial charge < -0.3 is 20.4 Å². The number of rotatable bonds is 8. The van der Waals surface area contributed by atoms with Gasteiger partial charge in [0.05, 0.1) is 18.0 Å². The number of aromatic nitrogens is 2. The van der Waals surface area contributed by atoms with Gasteiger partial charge >= 0.3 is 0 Å². The number of halogens is 2. The van der Waals surface area contributed by atoms with E-state index in [0.717, 1.165) is 12.5 Å². The molecular formula is C24H22ClFN4O4. The lowest BCUT2D eigenvalue weighted by atomic mass is 10.0. The largest absolute Gasteiger partial charge is 0.381 e. The van der Waals surface area contributed by atoms with Crippen LogP contribution in [-0.2, 0) is 11.2 Å². The van der Waals surface area contributed by atoms with Crippen molar-refractivity contribution in [3.05, 3.63) is 82.1 Å². The lowest BCUT2D eigenvalue weighted by molar-refractivity contribution is 0.0927. The molecule has 1 fully saturated rings. The Balaban J connectivity index is 1.35. The van der Waals surface area contributed by atoms with Crippen LogP contribution >= 0.6 is 11.6 Å². The summed E-state index contributed by atoms with van der Waals surface area (Å²) >= 11 is 5.96. The van der Waals surface area contributed by atoms with Gasteiger partial charge in [-0.05, 0) is 42.3 Å². The van der Waals surface area contributed by atoms with Gasteiger partial charge in [-0.3, -0.25) is 14.4 Å². The van der Waals surface area contributed by atoms with Crippen molar-refractivity contribution < 1.29 is 23.5 Å². The molecule has 1 aromatic heterocycles. The number of carbonyl (C=O) groups is 3. The van der Waals surface area contributed by atoms with Gasteiger partial charge in [0, 0.05) is 36.7 Å². The van der Waals surface area contributed by atoms with Crippen LogP contribution in [0.1, 0.15) is 43.3 Å². The maximum atomic E-state index is 13.2. The van der Waals surface area contributed by atoms with Gasteiger partial charge in [0.15, 0.2) is 11.5 Å². The van der Waals surface area contributed by atoms with E-state index in [1.165, 1.54) is 18.5 Å². The summed E-state index contributed by atoms with van der Waals surface area (Å²) in [7, 11) is 0. The Labute approximate surface area is 199 Å². The molecule has 1 saturated heterocycles. The highest BCUT2D eigenvalue weighted by molar-refractivity contribution is 6.34. The summed E-state index contributed by atoms with van der Waals surface area (Å²) in [5, 5.41) is 5.55. The zero-order valence-corrected chi connectivity index (χ0v) is 18.8. The first-order valence-corrected chi connectivity index (χ1v) is 11.1. The summed E-state index contributed by atoms with van der Waals surface area (Å²) < 4.78 is 18.5. The normalized spacial score (nSPS) is 15.2. The van der Waals surface area contributed by atoms with Gasteiger partial charge in [-0.15, -0.1) is 0 Å². The molecule has 4 rings (SSSR count). The number of hydrogen-bond donors (Lipinski definition) is 3. The van der Waals surface area contributed by atoms with E-state index in [2.05, 4.69) is 20.6 Å². The van der Waals surface area contributed by atoms with Gasteiger partial charge in [-0.25, -0.2) is 9.37 Å². The van der Waals surface area contributed by atoms with Crippen molar-refractivity contribution in [1.29, 1.82) is 0 Å². The second-order valence-corrected chi connectivity index (χ2v) is 8.35. The Morgan fingerprint density at radius 3 is 2.65 bits per heavy atom. The topological polar surface area (TPSA) is 113 Å². The van der Waals surface area contributed by atoms with Crippen LogP contribution in [0.4, 0.5) is 10.1 Å². The number of nitrogens with one attached hydrogen (secondary N) is 3. The molecule has 176 valence electrons. The van der Waals surface area contributed by atoms with E-state index < -0.39 is 17.6 Å². The quantitative estimate of drug-likeness (QED) is 0.422. The molecular weight excluding hydrogens is 463 g/mol. The van der Waals surface area contributed by atoms with E-state index in [1.807, 2.05) is 0 Å². The van der Waals surface area contributed by atoms with Crippen molar-refractivity contribution in [3.63, 3.8) is 0 Å². The average Bonchev–Trinajstić information content (AvgIpc) is 3.51. The Bertz CT molecular complexity index is 1210. The van der Waals surface area contributed by atoms with E-state index in [9.17, 15) is 18.8 Å². The minimum absolute atomic E-state index is 0.0228. The Morgan fingerprint density at radius 2 is 1.94 bits per heavy atom. The number of ether oxygens (including phenoxy) is 1. The highest BCUT2D eigenvalue weighted by Crippen LogP contribution is 2.20. The van der Waals surface area contributed by atoms with Crippen LogP contribution in [0, 0.1) is 11.7 Å². The molecule has 10 heteroatoms. The molecule has 0 radical (unpaired) electrons. The number of hydrogen-bond acceptors (Lipinski definition) is 5. The Kier molecular flexibility index (Phi) is 7.34. The number of H-pyrrole nitrogens is 1. The number of nitrogens with zero attached hydrogens (tertiary/aromatic N) is 1. The number of Topliss-reactive ketones (excluding diaryl/α,β-unsaturated/α-hetero) is 1. The Morgan fingerprint density at radius 1 is 1.15 bits per heavy atom. The molecule has 1 aliphatic rings. The van der Waals surface area contributed by atoms with Gasteiger partial charge in [0.1, 0.15) is 11.5 Å². The molecule has 0 aliphatic carbocycles. The maximum absolute atomic E-state index is 13.2. The maximum Gasteiger partial charge on any atom is 0.276 e. The number of benzene rings is 2. The first-order chi connectivity index (χ1) is 16.4. The number of carbonyl (C=O) groups excluding carboxylic acids is 3. The fourth-order valence-corrected chi connectivity index (χ4v) is 3.87. The van der Waals surface area contributed by atoms with Crippen molar-refractivity contribution in [1.82, 2.24) is 15.3 Å². The molecule has 3 aromatic rings. The van der Waals surface area contributed by atoms with Crippen LogP contribution in [0.2, 0.25) is 5.02 Å². The first kappa shape index (κ1) is 23.6. The smallest absolute Gasteiger partial charge is 0.276 e. The number of aromatic amines is 1. The molecule has 2 aromatic carbocycles. The summed E-state index contributed by atoms with van der Waals surface area (Å²) in [4.78, 5) is 44.3. The molecule has 1 aliphatic heterocycles.